The zero-order chi connectivity index (χ0) is 27.7. The van der Waals surface area contributed by atoms with Crippen molar-refractivity contribution in [1.82, 2.24) is 4.90 Å². The van der Waals surface area contributed by atoms with E-state index in [-0.39, 0.29) is 17.1 Å². The Bertz CT molecular complexity index is 1590. The van der Waals surface area contributed by atoms with Gasteiger partial charge in [0.1, 0.15) is 11.3 Å². The summed E-state index contributed by atoms with van der Waals surface area (Å²) in [7, 11) is 3.19. The first-order chi connectivity index (χ1) is 18.9. The molecule has 0 N–H and O–H groups in total. The fourth-order valence-electron chi connectivity index (χ4n) is 5.30. The highest BCUT2D eigenvalue weighted by Gasteiger charge is 2.42. The third-order valence-electron chi connectivity index (χ3n) is 7.16. The summed E-state index contributed by atoms with van der Waals surface area (Å²) in [6.45, 7) is 6.90. The molecule has 7 nitrogen and oxygen atoms in total. The Morgan fingerprint density at radius 2 is 1.67 bits per heavy atom. The fourth-order valence-corrected chi connectivity index (χ4v) is 5.30. The van der Waals surface area contributed by atoms with Crippen LogP contribution in [-0.4, -0.2) is 38.2 Å². The second-order valence-electron chi connectivity index (χ2n) is 9.89. The number of benzene rings is 3. The van der Waals surface area contributed by atoms with Gasteiger partial charge in [-0.3, -0.25) is 9.59 Å². The maximum Gasteiger partial charge on any atom is 0.290 e. The van der Waals surface area contributed by atoms with E-state index in [1.807, 2.05) is 68.4 Å². The fraction of sp³-hybridized carbons (Fsp3) is 0.312. The average Bonchev–Trinajstić information content (AvgIpc) is 3.22. The highest BCUT2D eigenvalue weighted by atomic mass is 16.5. The van der Waals surface area contributed by atoms with E-state index in [2.05, 4.69) is 6.92 Å². The van der Waals surface area contributed by atoms with Crippen LogP contribution >= 0.6 is 0 Å². The minimum atomic E-state index is -0.575. The molecule has 0 saturated heterocycles. The minimum Gasteiger partial charge on any atom is -0.494 e. The lowest BCUT2D eigenvalue weighted by Gasteiger charge is -2.25. The third kappa shape index (κ3) is 4.85. The average molecular weight is 528 g/mol. The highest BCUT2D eigenvalue weighted by molar-refractivity contribution is 5.99. The van der Waals surface area contributed by atoms with Gasteiger partial charge in [-0.1, -0.05) is 31.2 Å². The number of rotatable bonds is 9. The van der Waals surface area contributed by atoms with Gasteiger partial charge in [-0.15, -0.1) is 0 Å². The van der Waals surface area contributed by atoms with E-state index in [1.165, 1.54) is 0 Å². The second kappa shape index (κ2) is 10.8. The summed E-state index contributed by atoms with van der Waals surface area (Å²) in [5, 5.41) is 0.494. The van der Waals surface area contributed by atoms with Gasteiger partial charge in [-0.2, -0.15) is 0 Å². The number of carbonyl (C=O) groups is 1. The van der Waals surface area contributed by atoms with Crippen LogP contribution in [0.25, 0.3) is 11.0 Å². The van der Waals surface area contributed by atoms with Crippen molar-refractivity contribution in [2.75, 3.05) is 27.4 Å². The van der Waals surface area contributed by atoms with Crippen LogP contribution in [0, 0.1) is 13.8 Å². The van der Waals surface area contributed by atoms with Gasteiger partial charge in [0.2, 0.25) is 5.76 Å². The lowest BCUT2D eigenvalue weighted by atomic mass is 9.97. The van der Waals surface area contributed by atoms with Crippen molar-refractivity contribution < 1.29 is 23.4 Å². The highest BCUT2D eigenvalue weighted by Crippen LogP contribution is 2.39. The minimum absolute atomic E-state index is 0.114. The largest absolute Gasteiger partial charge is 0.494 e. The SMILES string of the molecule is CCCOc1ccc(C2c3c(oc4c(C)cc(C)cc4c3=O)C(=O)N2CCc2ccc(OC)c(OC)c2)cc1. The maximum absolute atomic E-state index is 13.9. The first-order valence-corrected chi connectivity index (χ1v) is 13.2. The van der Waals surface area contributed by atoms with Gasteiger partial charge in [-0.25, -0.2) is 0 Å². The molecule has 0 saturated carbocycles. The third-order valence-corrected chi connectivity index (χ3v) is 7.16. The molecular formula is C32H33NO6. The number of aryl methyl sites for hydroxylation is 2. The van der Waals surface area contributed by atoms with Crippen molar-refractivity contribution in [3.63, 3.8) is 0 Å². The standard InChI is InChI=1S/C32H33NO6/c1-6-15-38-23-10-8-22(9-11-23)28-27-29(34)24-17-19(2)16-20(3)30(24)39-31(27)32(35)33(28)14-13-21-7-12-25(36-4)26(18-21)37-5/h7-12,16-18,28H,6,13-15H2,1-5H3. The molecule has 3 aromatic carbocycles. The number of amides is 1. The van der Waals surface area contributed by atoms with E-state index in [0.29, 0.717) is 47.6 Å². The molecule has 1 amide bonds. The predicted molar refractivity (Wildman–Crippen MR) is 150 cm³/mol. The zero-order valence-electron chi connectivity index (χ0n) is 23.0. The van der Waals surface area contributed by atoms with Gasteiger partial charge in [0.15, 0.2) is 16.9 Å². The summed E-state index contributed by atoms with van der Waals surface area (Å²) in [4.78, 5) is 29.5. The maximum atomic E-state index is 13.9. The number of methoxy groups -OCH3 is 2. The normalized spacial score (nSPS) is 14.5. The molecule has 7 heteroatoms. The monoisotopic (exact) mass is 527 g/mol. The lowest BCUT2D eigenvalue weighted by Crippen LogP contribution is -2.31. The second-order valence-corrected chi connectivity index (χ2v) is 9.89. The molecule has 0 bridgehead atoms. The van der Waals surface area contributed by atoms with Crippen molar-refractivity contribution >= 4 is 16.9 Å². The van der Waals surface area contributed by atoms with E-state index in [1.54, 1.807) is 19.1 Å². The molecule has 1 aromatic heterocycles. The van der Waals surface area contributed by atoms with Crippen molar-refractivity contribution in [2.24, 2.45) is 0 Å². The molecule has 202 valence electrons. The summed E-state index contributed by atoms with van der Waals surface area (Å²) < 4.78 is 22.8. The number of fused-ring (bicyclic) bond motifs is 2. The van der Waals surface area contributed by atoms with E-state index >= 15 is 0 Å². The van der Waals surface area contributed by atoms with Gasteiger partial charge in [-0.05, 0) is 79.3 Å². The molecular weight excluding hydrogens is 494 g/mol. The molecule has 1 aliphatic heterocycles. The molecule has 1 aliphatic rings. The summed E-state index contributed by atoms with van der Waals surface area (Å²) in [6.07, 6.45) is 1.46. The number of ether oxygens (including phenoxy) is 3. The Morgan fingerprint density at radius 1 is 0.923 bits per heavy atom. The molecule has 1 unspecified atom stereocenters. The van der Waals surface area contributed by atoms with Gasteiger partial charge >= 0.3 is 0 Å². The molecule has 5 rings (SSSR count). The Labute approximate surface area is 227 Å². The first kappa shape index (κ1) is 26.4. The number of carbonyl (C=O) groups excluding carboxylic acids is 1. The lowest BCUT2D eigenvalue weighted by molar-refractivity contribution is 0.0730. The summed E-state index contributed by atoms with van der Waals surface area (Å²) in [5.74, 6) is 1.84. The summed E-state index contributed by atoms with van der Waals surface area (Å²) in [6, 6.07) is 16.5. The van der Waals surface area contributed by atoms with Crippen molar-refractivity contribution in [3.8, 4) is 17.2 Å². The van der Waals surface area contributed by atoms with Crippen LogP contribution in [0.15, 0.2) is 63.8 Å². The Kier molecular flexibility index (Phi) is 7.33. The van der Waals surface area contributed by atoms with E-state index in [4.69, 9.17) is 18.6 Å². The van der Waals surface area contributed by atoms with Crippen LogP contribution in [0.5, 0.6) is 17.2 Å². The van der Waals surface area contributed by atoms with Crippen LogP contribution in [-0.2, 0) is 6.42 Å². The number of hydrogen-bond donors (Lipinski definition) is 0. The molecule has 1 atom stereocenters. The predicted octanol–water partition coefficient (Wildman–Crippen LogP) is 6.00. The smallest absolute Gasteiger partial charge is 0.290 e. The zero-order valence-corrected chi connectivity index (χ0v) is 23.0. The van der Waals surface area contributed by atoms with Crippen molar-refractivity contribution in [2.45, 2.75) is 39.7 Å². The number of nitrogens with zero attached hydrogens (tertiary/aromatic N) is 1. The van der Waals surface area contributed by atoms with Crippen LogP contribution in [0.4, 0.5) is 0 Å². The van der Waals surface area contributed by atoms with Crippen LogP contribution in [0.1, 0.15) is 57.8 Å². The molecule has 2 heterocycles. The van der Waals surface area contributed by atoms with Gasteiger partial charge in [0.25, 0.3) is 5.91 Å². The van der Waals surface area contributed by atoms with Gasteiger partial charge in [0, 0.05) is 6.54 Å². The van der Waals surface area contributed by atoms with Crippen LogP contribution < -0.4 is 19.6 Å². The van der Waals surface area contributed by atoms with E-state index < -0.39 is 6.04 Å². The molecule has 0 aliphatic carbocycles. The number of hydrogen-bond acceptors (Lipinski definition) is 6. The summed E-state index contributed by atoms with van der Waals surface area (Å²) in [5.41, 5.74) is 4.28. The topological polar surface area (TPSA) is 78.2 Å². The van der Waals surface area contributed by atoms with E-state index in [9.17, 15) is 9.59 Å². The van der Waals surface area contributed by atoms with E-state index in [0.717, 1.165) is 34.4 Å². The molecule has 39 heavy (non-hydrogen) atoms. The molecule has 0 radical (unpaired) electrons. The Morgan fingerprint density at radius 3 is 2.36 bits per heavy atom. The molecule has 0 fully saturated rings. The quantitative estimate of drug-likeness (QED) is 0.266. The van der Waals surface area contributed by atoms with Gasteiger partial charge in [0.05, 0.1) is 37.8 Å². The van der Waals surface area contributed by atoms with Gasteiger partial charge < -0.3 is 23.5 Å². The molecule has 0 spiro atoms. The van der Waals surface area contributed by atoms with Crippen molar-refractivity contribution in [3.05, 3.63) is 98.4 Å². The Hall–Kier alpha value is -4.26. The molecule has 4 aromatic rings. The van der Waals surface area contributed by atoms with Crippen molar-refractivity contribution in [1.29, 1.82) is 0 Å². The first-order valence-electron chi connectivity index (χ1n) is 13.2. The summed E-state index contributed by atoms with van der Waals surface area (Å²) >= 11 is 0. The van der Waals surface area contributed by atoms with Crippen LogP contribution in [0.2, 0.25) is 0 Å². The Balaban J connectivity index is 1.58. The van der Waals surface area contributed by atoms with Crippen LogP contribution in [0.3, 0.4) is 0 Å².